The average molecular weight is 431 g/mol. The van der Waals surface area contributed by atoms with E-state index in [0.29, 0.717) is 12.8 Å². The molecule has 0 aliphatic rings. The van der Waals surface area contributed by atoms with Gasteiger partial charge in [0, 0.05) is 6.04 Å². The fraction of sp³-hybridized carbons (Fsp3) is 0.259. The molecule has 3 aromatic rings. The van der Waals surface area contributed by atoms with E-state index in [1.807, 2.05) is 97.9 Å². The number of carbonyl (C=O) groups excluding carboxylic acids is 2. The van der Waals surface area contributed by atoms with Crippen molar-refractivity contribution in [1.82, 2.24) is 10.6 Å². The van der Waals surface area contributed by atoms with E-state index < -0.39 is 12.0 Å². The molecule has 32 heavy (non-hydrogen) atoms. The first kappa shape index (κ1) is 23.1. The zero-order valence-electron chi connectivity index (χ0n) is 18.5. The van der Waals surface area contributed by atoms with Gasteiger partial charge in [-0.25, -0.2) is 4.79 Å². The second-order valence-corrected chi connectivity index (χ2v) is 7.87. The van der Waals surface area contributed by atoms with Crippen molar-refractivity contribution in [3.05, 3.63) is 108 Å². The number of ether oxygens (including phenoxy) is 1. The van der Waals surface area contributed by atoms with Crippen LogP contribution in [0.25, 0.3) is 0 Å². The smallest absolute Gasteiger partial charge is 0.315 e. The van der Waals surface area contributed by atoms with E-state index in [0.717, 1.165) is 16.7 Å². The van der Waals surface area contributed by atoms with Crippen molar-refractivity contribution >= 4 is 12.0 Å². The molecular weight excluding hydrogens is 400 g/mol. The Morgan fingerprint density at radius 1 is 0.750 bits per heavy atom. The maximum atomic E-state index is 12.9. The fourth-order valence-corrected chi connectivity index (χ4v) is 3.80. The summed E-state index contributed by atoms with van der Waals surface area (Å²) < 4.78 is 5.12. The molecule has 3 atom stereocenters. The Kier molecular flexibility index (Phi) is 8.44. The van der Waals surface area contributed by atoms with Gasteiger partial charge in [-0.1, -0.05) is 91.0 Å². The molecule has 0 saturated heterocycles. The van der Waals surface area contributed by atoms with Crippen LogP contribution in [0.2, 0.25) is 0 Å². The van der Waals surface area contributed by atoms with E-state index in [1.54, 1.807) is 0 Å². The van der Waals surface area contributed by atoms with Crippen LogP contribution >= 0.6 is 0 Å². The molecule has 2 N–H and O–H groups in total. The highest BCUT2D eigenvalue weighted by Gasteiger charge is 2.31. The highest BCUT2D eigenvalue weighted by Crippen LogP contribution is 2.19. The molecule has 3 aromatic carbocycles. The Hall–Kier alpha value is -3.60. The second-order valence-electron chi connectivity index (χ2n) is 7.87. The van der Waals surface area contributed by atoms with Crippen molar-refractivity contribution in [2.24, 2.45) is 5.92 Å². The summed E-state index contributed by atoms with van der Waals surface area (Å²) >= 11 is 0. The molecule has 0 saturated carbocycles. The molecule has 0 fully saturated rings. The van der Waals surface area contributed by atoms with Gasteiger partial charge in [0.1, 0.15) is 0 Å². The molecule has 0 aromatic heterocycles. The lowest BCUT2D eigenvalue weighted by Gasteiger charge is -2.27. The van der Waals surface area contributed by atoms with E-state index in [1.165, 1.54) is 7.11 Å². The van der Waals surface area contributed by atoms with Crippen LogP contribution in [-0.2, 0) is 22.4 Å². The number of carbonyl (C=O) groups is 2. The van der Waals surface area contributed by atoms with Crippen molar-refractivity contribution in [2.45, 2.75) is 31.8 Å². The largest absolute Gasteiger partial charge is 0.469 e. The van der Waals surface area contributed by atoms with Crippen LogP contribution in [0.15, 0.2) is 91.0 Å². The first-order valence-electron chi connectivity index (χ1n) is 10.8. The monoisotopic (exact) mass is 430 g/mol. The average Bonchev–Trinajstić information content (AvgIpc) is 2.83. The first-order chi connectivity index (χ1) is 15.6. The minimum Gasteiger partial charge on any atom is -0.469 e. The standard InChI is InChI=1S/C27H30N2O3/c1-20(23-16-10-5-11-17-23)28-27(31)29-25(19-22-14-8-4-9-15-22)24(26(30)32-2)18-21-12-6-3-7-13-21/h3-17,20,24-25H,18-19H2,1-2H3,(H2,28,29,31)/t20-,24+,25-/m1/s1. The van der Waals surface area contributed by atoms with Crippen LogP contribution < -0.4 is 10.6 Å². The third kappa shape index (κ3) is 6.71. The summed E-state index contributed by atoms with van der Waals surface area (Å²) in [5.74, 6) is -0.869. The number of hydrogen-bond donors (Lipinski definition) is 2. The highest BCUT2D eigenvalue weighted by molar-refractivity contribution is 5.78. The Balaban J connectivity index is 1.80. The van der Waals surface area contributed by atoms with Crippen molar-refractivity contribution in [3.8, 4) is 0 Å². The zero-order valence-corrected chi connectivity index (χ0v) is 18.5. The number of benzene rings is 3. The number of nitrogens with one attached hydrogen (secondary N) is 2. The van der Waals surface area contributed by atoms with E-state index in [2.05, 4.69) is 10.6 Å². The molecule has 0 spiro atoms. The van der Waals surface area contributed by atoms with E-state index in [-0.39, 0.29) is 18.0 Å². The zero-order chi connectivity index (χ0) is 22.8. The predicted octanol–water partition coefficient (Wildman–Crippen LogP) is 4.69. The van der Waals surface area contributed by atoms with Crippen LogP contribution in [0.5, 0.6) is 0 Å². The maximum absolute atomic E-state index is 12.9. The number of amides is 2. The number of hydrogen-bond acceptors (Lipinski definition) is 3. The van der Waals surface area contributed by atoms with E-state index in [4.69, 9.17) is 4.74 Å². The summed E-state index contributed by atoms with van der Waals surface area (Å²) in [4.78, 5) is 25.7. The Bertz CT molecular complexity index is 978. The molecular formula is C27H30N2O3. The summed E-state index contributed by atoms with van der Waals surface area (Å²) in [5.41, 5.74) is 3.06. The molecule has 2 amide bonds. The SMILES string of the molecule is COC(=O)[C@@H](Cc1ccccc1)[C@@H](Cc1ccccc1)NC(=O)N[C@H](C)c1ccccc1. The minimum absolute atomic E-state index is 0.167. The van der Waals surface area contributed by atoms with E-state index in [9.17, 15) is 9.59 Å². The van der Waals surface area contributed by atoms with Gasteiger partial charge in [-0.2, -0.15) is 0 Å². The summed E-state index contributed by atoms with van der Waals surface area (Å²) in [6.07, 6.45) is 0.986. The van der Waals surface area contributed by atoms with Crippen molar-refractivity contribution in [1.29, 1.82) is 0 Å². The molecule has 3 rings (SSSR count). The quantitative estimate of drug-likeness (QED) is 0.484. The van der Waals surface area contributed by atoms with Gasteiger partial charge in [0.15, 0.2) is 0 Å². The third-order valence-corrected chi connectivity index (χ3v) is 5.55. The fourth-order valence-electron chi connectivity index (χ4n) is 3.80. The van der Waals surface area contributed by atoms with Crippen LogP contribution in [0, 0.1) is 5.92 Å². The Morgan fingerprint density at radius 2 is 1.25 bits per heavy atom. The van der Waals surface area contributed by atoms with E-state index >= 15 is 0 Å². The molecule has 0 aliphatic carbocycles. The van der Waals surface area contributed by atoms with Crippen molar-refractivity contribution in [3.63, 3.8) is 0 Å². The van der Waals surface area contributed by atoms with Gasteiger partial charge in [0.2, 0.25) is 0 Å². The molecule has 0 unspecified atom stereocenters. The number of esters is 1. The topological polar surface area (TPSA) is 67.4 Å². The van der Waals surface area contributed by atoms with Gasteiger partial charge in [-0.05, 0) is 36.5 Å². The molecule has 0 aliphatic heterocycles. The lowest BCUT2D eigenvalue weighted by Crippen LogP contribution is -2.50. The predicted molar refractivity (Wildman–Crippen MR) is 126 cm³/mol. The number of rotatable bonds is 9. The van der Waals surface area contributed by atoms with Gasteiger partial charge in [-0.3, -0.25) is 4.79 Å². The molecule has 5 nitrogen and oxygen atoms in total. The van der Waals surface area contributed by atoms with Crippen LogP contribution in [-0.4, -0.2) is 25.2 Å². The molecule has 5 heteroatoms. The van der Waals surface area contributed by atoms with Crippen LogP contribution in [0.1, 0.15) is 29.7 Å². The lowest BCUT2D eigenvalue weighted by molar-refractivity contribution is -0.146. The lowest BCUT2D eigenvalue weighted by atomic mass is 9.88. The third-order valence-electron chi connectivity index (χ3n) is 5.55. The summed E-state index contributed by atoms with van der Waals surface area (Å²) in [5, 5.41) is 6.04. The van der Waals surface area contributed by atoms with Crippen molar-refractivity contribution < 1.29 is 14.3 Å². The van der Waals surface area contributed by atoms with Gasteiger partial charge in [0.25, 0.3) is 0 Å². The first-order valence-corrected chi connectivity index (χ1v) is 10.8. The van der Waals surface area contributed by atoms with Gasteiger partial charge >= 0.3 is 12.0 Å². The summed E-state index contributed by atoms with van der Waals surface area (Å²) in [7, 11) is 1.39. The van der Waals surface area contributed by atoms with Crippen LogP contribution in [0.4, 0.5) is 4.79 Å². The number of urea groups is 1. The highest BCUT2D eigenvalue weighted by atomic mass is 16.5. The van der Waals surface area contributed by atoms with Crippen LogP contribution in [0.3, 0.4) is 0 Å². The Labute approximate surface area is 189 Å². The number of methoxy groups -OCH3 is 1. The van der Waals surface area contributed by atoms with Gasteiger partial charge in [0.05, 0.1) is 19.1 Å². The molecule has 0 radical (unpaired) electrons. The minimum atomic E-state index is -0.527. The molecule has 166 valence electrons. The summed E-state index contributed by atoms with van der Waals surface area (Å²) in [6, 6.07) is 28.5. The maximum Gasteiger partial charge on any atom is 0.315 e. The molecule has 0 heterocycles. The van der Waals surface area contributed by atoms with Gasteiger partial charge < -0.3 is 15.4 Å². The molecule has 0 bridgehead atoms. The van der Waals surface area contributed by atoms with Gasteiger partial charge in [-0.15, -0.1) is 0 Å². The summed E-state index contributed by atoms with van der Waals surface area (Å²) in [6.45, 7) is 1.93. The van der Waals surface area contributed by atoms with Crippen molar-refractivity contribution in [2.75, 3.05) is 7.11 Å². The normalized spacial score (nSPS) is 13.4. The second kappa shape index (κ2) is 11.7. The Morgan fingerprint density at radius 3 is 1.78 bits per heavy atom.